The van der Waals surface area contributed by atoms with E-state index in [1.165, 1.54) is 0 Å². The molecule has 0 aliphatic carbocycles. The van der Waals surface area contributed by atoms with Gasteiger partial charge in [-0.05, 0) is 74.9 Å². The van der Waals surface area contributed by atoms with Gasteiger partial charge in [0.15, 0.2) is 5.78 Å². The number of pyridine rings is 2. The maximum absolute atomic E-state index is 12.2. The first-order valence-electron chi connectivity index (χ1n) is 10.3. The summed E-state index contributed by atoms with van der Waals surface area (Å²) in [4.78, 5) is 29.2. The molecule has 0 atom stereocenters. The number of H-pyrrole nitrogens is 1. The summed E-state index contributed by atoms with van der Waals surface area (Å²) in [6.45, 7) is 5.54. The van der Waals surface area contributed by atoms with Gasteiger partial charge in [0, 0.05) is 34.9 Å². The number of imidazole rings is 1. The molecule has 1 aromatic carbocycles. The van der Waals surface area contributed by atoms with E-state index in [9.17, 15) is 4.79 Å². The van der Waals surface area contributed by atoms with Gasteiger partial charge in [0.25, 0.3) is 0 Å². The molecule has 7 heteroatoms. The lowest BCUT2D eigenvalue weighted by Crippen LogP contribution is -2.04. The topological polar surface area (TPSA) is 88.5 Å². The number of aromatic amines is 1. The van der Waals surface area contributed by atoms with Crippen LogP contribution in [0.15, 0.2) is 67.3 Å². The number of rotatable bonds is 5. The molecule has 4 aromatic heterocycles. The van der Waals surface area contributed by atoms with Crippen LogP contribution in [0.3, 0.4) is 0 Å². The fourth-order valence-electron chi connectivity index (χ4n) is 3.78. The Hall–Kier alpha value is -4.26. The van der Waals surface area contributed by atoms with Gasteiger partial charge < -0.3 is 10.3 Å². The van der Waals surface area contributed by atoms with Crippen LogP contribution in [0.5, 0.6) is 0 Å². The lowest BCUT2D eigenvalue weighted by atomic mass is 10.0. The molecule has 158 valence electrons. The zero-order valence-electron chi connectivity index (χ0n) is 18.0. The highest BCUT2D eigenvalue weighted by atomic mass is 16.1. The summed E-state index contributed by atoms with van der Waals surface area (Å²) < 4.78 is 1.93. The Balaban J connectivity index is 1.56. The Morgan fingerprint density at radius 1 is 1.03 bits per heavy atom. The summed E-state index contributed by atoms with van der Waals surface area (Å²) in [6, 6.07) is 15.7. The van der Waals surface area contributed by atoms with Crippen LogP contribution < -0.4 is 5.32 Å². The van der Waals surface area contributed by atoms with Crippen molar-refractivity contribution in [3.8, 4) is 17.1 Å². The summed E-state index contributed by atoms with van der Waals surface area (Å²) >= 11 is 0. The normalized spacial score (nSPS) is 11.1. The molecule has 5 rings (SSSR count). The number of carbonyl (C=O) groups excluding carboxylic acids is 1. The lowest BCUT2D eigenvalue weighted by Gasteiger charge is -2.11. The van der Waals surface area contributed by atoms with Gasteiger partial charge in [0.05, 0.1) is 16.7 Å². The lowest BCUT2D eigenvalue weighted by molar-refractivity contribution is 0.101. The molecule has 0 amide bonds. The second-order valence-electron chi connectivity index (χ2n) is 7.87. The number of aryl methyl sites for hydroxylation is 2. The number of hydrogen-bond donors (Lipinski definition) is 2. The first kappa shape index (κ1) is 19.7. The summed E-state index contributed by atoms with van der Waals surface area (Å²) in [5.41, 5.74) is 6.81. The van der Waals surface area contributed by atoms with Gasteiger partial charge in [0.2, 0.25) is 0 Å². The van der Waals surface area contributed by atoms with Gasteiger partial charge in [-0.3, -0.25) is 14.3 Å². The molecule has 2 N–H and O–H groups in total. The Labute approximate surface area is 185 Å². The van der Waals surface area contributed by atoms with Gasteiger partial charge in [-0.15, -0.1) is 0 Å². The van der Waals surface area contributed by atoms with Crippen LogP contribution in [-0.4, -0.2) is 30.3 Å². The van der Waals surface area contributed by atoms with Gasteiger partial charge in [0.1, 0.15) is 18.0 Å². The van der Waals surface area contributed by atoms with E-state index in [4.69, 9.17) is 4.98 Å². The zero-order chi connectivity index (χ0) is 22.2. The third-order valence-corrected chi connectivity index (χ3v) is 5.31. The maximum atomic E-state index is 12.2. The summed E-state index contributed by atoms with van der Waals surface area (Å²) in [5, 5.41) is 3.36. The molecule has 0 fully saturated rings. The molecule has 0 aliphatic heterocycles. The van der Waals surface area contributed by atoms with Crippen LogP contribution in [0.2, 0.25) is 0 Å². The van der Waals surface area contributed by atoms with E-state index in [-0.39, 0.29) is 5.78 Å². The number of ketones is 1. The van der Waals surface area contributed by atoms with Gasteiger partial charge in [-0.1, -0.05) is 0 Å². The van der Waals surface area contributed by atoms with Crippen molar-refractivity contribution in [2.45, 2.75) is 20.8 Å². The molecule has 0 aliphatic rings. The van der Waals surface area contributed by atoms with E-state index in [1.807, 2.05) is 66.9 Å². The van der Waals surface area contributed by atoms with Gasteiger partial charge in [-0.25, -0.2) is 9.97 Å². The number of hydrogen-bond acceptors (Lipinski definition) is 5. The smallest absolute Gasteiger partial charge is 0.161 e. The summed E-state index contributed by atoms with van der Waals surface area (Å²) in [6.07, 6.45) is 5.27. The van der Waals surface area contributed by atoms with Crippen molar-refractivity contribution < 1.29 is 4.79 Å². The van der Waals surface area contributed by atoms with Crippen LogP contribution >= 0.6 is 0 Å². The van der Waals surface area contributed by atoms with Crippen molar-refractivity contribution in [3.05, 3.63) is 84.1 Å². The third-order valence-electron chi connectivity index (χ3n) is 5.31. The average Bonchev–Trinajstić information content (AvgIpc) is 3.39. The monoisotopic (exact) mass is 422 g/mol. The number of nitrogens with zero attached hydrogens (tertiary/aromatic N) is 4. The number of anilines is 2. The van der Waals surface area contributed by atoms with E-state index in [0.717, 1.165) is 39.4 Å². The molecule has 0 saturated heterocycles. The van der Waals surface area contributed by atoms with E-state index >= 15 is 0 Å². The Morgan fingerprint density at radius 2 is 1.91 bits per heavy atom. The fraction of sp³-hybridized carbons (Fsp3) is 0.120. The quantitative estimate of drug-likeness (QED) is 0.372. The zero-order valence-corrected chi connectivity index (χ0v) is 18.0. The van der Waals surface area contributed by atoms with Crippen molar-refractivity contribution in [2.75, 3.05) is 5.32 Å². The standard InChI is InChI=1S/C25H22N6O/c1-15-10-18(13-26-12-15)25-20(17(3)32)6-9-24(30-25)31-14-27-21-11-19(5-7-22(21)31)29-23-8-4-16(2)28-23/h4-14,28-29H,1-3H3. The second-order valence-corrected chi connectivity index (χ2v) is 7.87. The van der Waals surface area contributed by atoms with E-state index < -0.39 is 0 Å². The largest absolute Gasteiger partial charge is 0.346 e. The van der Waals surface area contributed by atoms with Crippen molar-refractivity contribution >= 4 is 28.3 Å². The van der Waals surface area contributed by atoms with Gasteiger partial charge >= 0.3 is 0 Å². The van der Waals surface area contributed by atoms with Gasteiger partial charge in [-0.2, -0.15) is 0 Å². The number of carbonyl (C=O) groups is 1. The highest BCUT2D eigenvalue weighted by Gasteiger charge is 2.15. The highest BCUT2D eigenvalue weighted by molar-refractivity contribution is 6.00. The van der Waals surface area contributed by atoms with E-state index in [2.05, 4.69) is 20.3 Å². The van der Waals surface area contributed by atoms with Crippen LogP contribution in [0, 0.1) is 13.8 Å². The molecule has 0 unspecified atom stereocenters. The molecule has 0 saturated carbocycles. The van der Waals surface area contributed by atoms with Crippen LogP contribution in [0.4, 0.5) is 11.5 Å². The Morgan fingerprint density at radius 3 is 2.66 bits per heavy atom. The summed E-state index contributed by atoms with van der Waals surface area (Å²) in [7, 11) is 0. The molecular formula is C25H22N6O. The summed E-state index contributed by atoms with van der Waals surface area (Å²) in [5.74, 6) is 1.58. The van der Waals surface area contributed by atoms with Crippen molar-refractivity contribution in [1.82, 2.24) is 24.5 Å². The molecule has 32 heavy (non-hydrogen) atoms. The second kappa shape index (κ2) is 7.77. The fourth-order valence-corrected chi connectivity index (χ4v) is 3.78. The number of nitrogens with one attached hydrogen (secondary N) is 2. The average molecular weight is 422 g/mol. The SMILES string of the molecule is CC(=O)c1ccc(-n2cnc3cc(Nc4ccc(C)[nH]4)ccc32)nc1-c1cncc(C)c1. The molecule has 5 aromatic rings. The van der Waals surface area contributed by atoms with Crippen LogP contribution in [-0.2, 0) is 0 Å². The van der Waals surface area contributed by atoms with Crippen molar-refractivity contribution in [3.63, 3.8) is 0 Å². The Kier molecular flexibility index (Phi) is 4.78. The minimum absolute atomic E-state index is 0.0358. The third kappa shape index (κ3) is 3.65. The number of aromatic nitrogens is 5. The molecular weight excluding hydrogens is 400 g/mol. The number of benzene rings is 1. The minimum atomic E-state index is -0.0358. The first-order valence-corrected chi connectivity index (χ1v) is 10.3. The number of Topliss-reactive ketones (excluding diaryl/α,β-unsaturated/α-hetero) is 1. The van der Waals surface area contributed by atoms with E-state index in [1.54, 1.807) is 25.6 Å². The van der Waals surface area contributed by atoms with Crippen molar-refractivity contribution in [2.24, 2.45) is 0 Å². The minimum Gasteiger partial charge on any atom is -0.346 e. The first-order chi connectivity index (χ1) is 15.5. The molecule has 0 spiro atoms. The van der Waals surface area contributed by atoms with E-state index in [0.29, 0.717) is 17.1 Å². The molecule has 0 radical (unpaired) electrons. The molecule has 0 bridgehead atoms. The van der Waals surface area contributed by atoms with Crippen molar-refractivity contribution in [1.29, 1.82) is 0 Å². The maximum Gasteiger partial charge on any atom is 0.161 e. The Bertz CT molecular complexity index is 1460. The van der Waals surface area contributed by atoms with Crippen LogP contribution in [0.25, 0.3) is 28.1 Å². The predicted octanol–water partition coefficient (Wildman–Crippen LogP) is 5.37. The highest BCUT2D eigenvalue weighted by Crippen LogP contribution is 2.27. The predicted molar refractivity (Wildman–Crippen MR) is 126 cm³/mol. The number of fused-ring (bicyclic) bond motifs is 1. The molecule has 4 heterocycles. The van der Waals surface area contributed by atoms with Crippen LogP contribution in [0.1, 0.15) is 28.5 Å². The molecule has 7 nitrogen and oxygen atoms in total.